The first kappa shape index (κ1) is 20.0. The van der Waals surface area contributed by atoms with Crippen molar-refractivity contribution in [2.24, 2.45) is 0 Å². The average molecular weight is 386 g/mol. The minimum Gasteiger partial charge on any atom is -0.375 e. The molecule has 0 bridgehead atoms. The zero-order valence-corrected chi connectivity index (χ0v) is 16.0. The Bertz CT molecular complexity index is 869. The van der Waals surface area contributed by atoms with Crippen LogP contribution < -0.4 is 10.2 Å². The van der Waals surface area contributed by atoms with E-state index in [-0.39, 0.29) is 23.6 Å². The maximum atomic E-state index is 13.7. The smallest absolute Gasteiger partial charge is 0.244 e. The number of nitrogens with zero attached hydrogens (tertiary/aromatic N) is 1. The second-order valence-corrected chi connectivity index (χ2v) is 6.93. The van der Waals surface area contributed by atoms with Crippen LogP contribution in [0.3, 0.4) is 0 Å². The Kier molecular flexibility index (Phi) is 6.41. The zero-order valence-electron chi connectivity index (χ0n) is 16.0. The number of carbonyl (C=O) groups is 1. The van der Waals surface area contributed by atoms with Gasteiger partial charge >= 0.3 is 0 Å². The molecule has 3 rings (SSSR count). The highest BCUT2D eigenvalue weighted by Gasteiger charge is 2.18. The second-order valence-electron chi connectivity index (χ2n) is 6.93. The summed E-state index contributed by atoms with van der Waals surface area (Å²) in [6.45, 7) is 6.28. The maximum Gasteiger partial charge on any atom is 0.244 e. The number of hydrogen-bond acceptors (Lipinski definition) is 3. The molecule has 2 aromatic rings. The number of halogens is 2. The lowest BCUT2D eigenvalue weighted by molar-refractivity contribution is -0.117. The van der Waals surface area contributed by atoms with Crippen molar-refractivity contribution in [2.45, 2.75) is 26.0 Å². The van der Waals surface area contributed by atoms with E-state index >= 15 is 0 Å². The number of rotatable bonds is 5. The van der Waals surface area contributed by atoms with Crippen molar-refractivity contribution in [2.75, 3.05) is 24.6 Å². The van der Waals surface area contributed by atoms with E-state index in [0.29, 0.717) is 6.61 Å². The van der Waals surface area contributed by atoms with E-state index in [1.54, 1.807) is 0 Å². The summed E-state index contributed by atoms with van der Waals surface area (Å²) in [5.41, 5.74) is 2.09. The van der Waals surface area contributed by atoms with Gasteiger partial charge in [0.15, 0.2) is 11.6 Å². The molecule has 1 aliphatic rings. The number of ether oxygens (including phenoxy) is 1. The van der Waals surface area contributed by atoms with Crippen LogP contribution in [-0.2, 0) is 9.53 Å². The van der Waals surface area contributed by atoms with Crippen LogP contribution in [0, 0.1) is 11.6 Å². The summed E-state index contributed by atoms with van der Waals surface area (Å²) in [6, 6.07) is 11.6. The van der Waals surface area contributed by atoms with Gasteiger partial charge in [-0.15, -0.1) is 0 Å². The van der Waals surface area contributed by atoms with Crippen LogP contribution in [0.5, 0.6) is 0 Å². The van der Waals surface area contributed by atoms with E-state index in [1.165, 1.54) is 24.3 Å². The van der Waals surface area contributed by atoms with Gasteiger partial charge in [0.25, 0.3) is 0 Å². The van der Waals surface area contributed by atoms with Gasteiger partial charge in [-0.1, -0.05) is 24.3 Å². The number of nitrogens with one attached hydrogen (secondary N) is 1. The molecule has 148 valence electrons. The molecule has 4 nitrogen and oxygen atoms in total. The monoisotopic (exact) mass is 386 g/mol. The summed E-state index contributed by atoms with van der Waals surface area (Å²) < 4.78 is 32.5. The Morgan fingerprint density at radius 2 is 2.07 bits per heavy atom. The van der Waals surface area contributed by atoms with Gasteiger partial charge in [0, 0.05) is 30.4 Å². The Morgan fingerprint density at radius 3 is 2.86 bits per heavy atom. The molecule has 1 saturated heterocycles. The Hall–Kier alpha value is -2.73. The molecule has 0 saturated carbocycles. The molecule has 0 aliphatic carbocycles. The highest BCUT2D eigenvalue weighted by Crippen LogP contribution is 2.22. The van der Waals surface area contributed by atoms with E-state index < -0.39 is 11.6 Å². The van der Waals surface area contributed by atoms with Crippen LogP contribution in [0.15, 0.2) is 48.5 Å². The van der Waals surface area contributed by atoms with Gasteiger partial charge < -0.3 is 15.0 Å². The van der Waals surface area contributed by atoms with Crippen molar-refractivity contribution < 1.29 is 18.3 Å². The van der Waals surface area contributed by atoms with Crippen molar-refractivity contribution in [3.05, 3.63) is 71.3 Å². The minimum atomic E-state index is -0.966. The van der Waals surface area contributed by atoms with Gasteiger partial charge in [0.1, 0.15) is 0 Å². The Balaban J connectivity index is 1.65. The van der Waals surface area contributed by atoms with Gasteiger partial charge in [0.2, 0.25) is 5.91 Å². The minimum absolute atomic E-state index is 0.0336. The third kappa shape index (κ3) is 4.95. The number of anilines is 1. The molecule has 1 heterocycles. The number of benzene rings is 2. The molecule has 2 atom stereocenters. The molecule has 1 fully saturated rings. The van der Waals surface area contributed by atoms with Crippen LogP contribution in [0.2, 0.25) is 0 Å². The average Bonchev–Trinajstić information content (AvgIpc) is 2.69. The number of morpholine rings is 1. The van der Waals surface area contributed by atoms with Gasteiger partial charge in [-0.3, -0.25) is 4.79 Å². The fourth-order valence-electron chi connectivity index (χ4n) is 3.20. The van der Waals surface area contributed by atoms with Crippen molar-refractivity contribution in [1.82, 2.24) is 5.32 Å². The Morgan fingerprint density at radius 1 is 1.29 bits per heavy atom. The van der Waals surface area contributed by atoms with E-state index in [9.17, 15) is 13.6 Å². The predicted molar refractivity (Wildman–Crippen MR) is 106 cm³/mol. The standard InChI is InChI=1S/C22H24F2N2O2/c1-15-14-26(11-12-28-15)19-7-3-6-18(13-19)16(2)25-21(27)10-9-17-5-4-8-20(23)22(17)24/h3-10,13,15-16H,11-12,14H2,1-2H3,(H,25,27)/t15?,16-/m1/s1. The quantitative estimate of drug-likeness (QED) is 0.788. The Labute approximate surface area is 163 Å². The molecule has 1 unspecified atom stereocenters. The summed E-state index contributed by atoms with van der Waals surface area (Å²) in [5, 5.41) is 2.85. The number of carbonyl (C=O) groups excluding carboxylic acids is 1. The van der Waals surface area contributed by atoms with Crippen LogP contribution in [0.1, 0.15) is 31.0 Å². The van der Waals surface area contributed by atoms with E-state index in [0.717, 1.165) is 30.4 Å². The first-order valence-corrected chi connectivity index (χ1v) is 9.33. The molecule has 1 aliphatic heterocycles. The van der Waals surface area contributed by atoms with Crippen LogP contribution in [0.25, 0.3) is 6.08 Å². The topological polar surface area (TPSA) is 41.6 Å². The lowest BCUT2D eigenvalue weighted by Crippen LogP contribution is -2.41. The molecular formula is C22H24F2N2O2. The number of amides is 1. The van der Waals surface area contributed by atoms with Crippen molar-refractivity contribution >= 4 is 17.7 Å². The normalized spacial score (nSPS) is 18.3. The molecule has 1 N–H and O–H groups in total. The fraction of sp³-hybridized carbons (Fsp3) is 0.318. The van der Waals surface area contributed by atoms with E-state index in [4.69, 9.17) is 4.74 Å². The van der Waals surface area contributed by atoms with E-state index in [2.05, 4.69) is 16.3 Å². The molecule has 0 spiro atoms. The van der Waals surface area contributed by atoms with Gasteiger partial charge in [-0.05, 0) is 43.7 Å². The van der Waals surface area contributed by atoms with Gasteiger partial charge in [-0.25, -0.2) is 8.78 Å². The van der Waals surface area contributed by atoms with Gasteiger partial charge in [-0.2, -0.15) is 0 Å². The molecule has 1 amide bonds. The lowest BCUT2D eigenvalue weighted by Gasteiger charge is -2.33. The highest BCUT2D eigenvalue weighted by atomic mass is 19.2. The predicted octanol–water partition coefficient (Wildman–Crippen LogP) is 4.08. The summed E-state index contributed by atoms with van der Waals surface area (Å²) in [7, 11) is 0. The molecular weight excluding hydrogens is 362 g/mol. The molecule has 0 radical (unpaired) electrons. The first-order chi connectivity index (χ1) is 13.4. The third-order valence-corrected chi connectivity index (χ3v) is 4.73. The van der Waals surface area contributed by atoms with E-state index in [1.807, 2.05) is 32.0 Å². The highest BCUT2D eigenvalue weighted by molar-refractivity contribution is 5.92. The molecule has 2 aromatic carbocycles. The van der Waals surface area contributed by atoms with Crippen LogP contribution in [-0.4, -0.2) is 31.7 Å². The zero-order chi connectivity index (χ0) is 20.1. The van der Waals surface area contributed by atoms with Crippen LogP contribution >= 0.6 is 0 Å². The van der Waals surface area contributed by atoms with Crippen molar-refractivity contribution in [3.8, 4) is 0 Å². The van der Waals surface area contributed by atoms with Crippen molar-refractivity contribution in [3.63, 3.8) is 0 Å². The largest absolute Gasteiger partial charge is 0.375 e. The first-order valence-electron chi connectivity index (χ1n) is 9.33. The summed E-state index contributed by atoms with van der Waals surface area (Å²) in [4.78, 5) is 14.4. The third-order valence-electron chi connectivity index (χ3n) is 4.73. The molecule has 6 heteroatoms. The lowest BCUT2D eigenvalue weighted by atomic mass is 10.1. The summed E-state index contributed by atoms with van der Waals surface area (Å²) >= 11 is 0. The SMILES string of the molecule is CC1CN(c2cccc([C@@H](C)NC(=O)C=Cc3cccc(F)c3F)c2)CCO1. The number of hydrogen-bond donors (Lipinski definition) is 1. The maximum absolute atomic E-state index is 13.7. The fourth-order valence-corrected chi connectivity index (χ4v) is 3.20. The molecule has 0 aromatic heterocycles. The summed E-state index contributed by atoms with van der Waals surface area (Å²) in [6.07, 6.45) is 2.66. The molecule has 28 heavy (non-hydrogen) atoms. The second kappa shape index (κ2) is 8.97. The van der Waals surface area contributed by atoms with Crippen molar-refractivity contribution in [1.29, 1.82) is 0 Å². The van der Waals surface area contributed by atoms with Crippen LogP contribution in [0.4, 0.5) is 14.5 Å². The van der Waals surface area contributed by atoms with Gasteiger partial charge in [0.05, 0.1) is 18.8 Å². The summed E-state index contributed by atoms with van der Waals surface area (Å²) in [5.74, 6) is -2.28.